The molecule has 1 fully saturated rings. The van der Waals surface area contributed by atoms with Gasteiger partial charge in [-0.2, -0.15) is 0 Å². The second kappa shape index (κ2) is 5.98. The molecule has 0 aromatic carbocycles. The van der Waals surface area contributed by atoms with Crippen LogP contribution in [0.3, 0.4) is 0 Å². The Kier molecular flexibility index (Phi) is 5.15. The van der Waals surface area contributed by atoms with E-state index < -0.39 is 0 Å². The molecule has 0 aromatic rings. The van der Waals surface area contributed by atoms with Crippen molar-refractivity contribution in [1.29, 1.82) is 0 Å². The Balaban J connectivity index is 2.09. The fourth-order valence-corrected chi connectivity index (χ4v) is 1.56. The molecule has 2 nitrogen and oxygen atoms in total. The van der Waals surface area contributed by atoms with Gasteiger partial charge >= 0.3 is 0 Å². The minimum atomic E-state index is 0.919. The van der Waals surface area contributed by atoms with Crippen molar-refractivity contribution in [3.05, 3.63) is 0 Å². The van der Waals surface area contributed by atoms with E-state index in [0.717, 1.165) is 25.1 Å². The molecular weight excluding hydrogens is 206 g/mol. The molecule has 0 atom stereocenters. The highest BCUT2D eigenvalue weighted by atomic mass is 79.9. The maximum Gasteiger partial charge on any atom is 0.0593 e. The molecule has 11 heavy (non-hydrogen) atoms. The summed E-state index contributed by atoms with van der Waals surface area (Å²) in [6, 6.07) is 0. The SMILES string of the molecule is BrCCCN1CCCOCC1. The molecule has 1 saturated heterocycles. The number of alkyl halides is 1. The molecule has 1 heterocycles. The first-order valence-corrected chi connectivity index (χ1v) is 5.41. The summed E-state index contributed by atoms with van der Waals surface area (Å²) in [5.74, 6) is 0. The summed E-state index contributed by atoms with van der Waals surface area (Å²) < 4.78 is 5.35. The van der Waals surface area contributed by atoms with E-state index >= 15 is 0 Å². The van der Waals surface area contributed by atoms with E-state index in [1.807, 2.05) is 0 Å². The Bertz CT molecular complexity index is 92.1. The highest BCUT2D eigenvalue weighted by molar-refractivity contribution is 9.09. The van der Waals surface area contributed by atoms with Crippen molar-refractivity contribution < 1.29 is 4.74 Å². The molecule has 1 rings (SSSR count). The Labute approximate surface area is 77.0 Å². The standard InChI is InChI=1S/C8H16BrNO/c9-3-1-4-10-5-2-7-11-8-6-10/h1-8H2. The minimum Gasteiger partial charge on any atom is -0.380 e. The molecule has 0 unspecified atom stereocenters. The summed E-state index contributed by atoms with van der Waals surface area (Å²) in [6.07, 6.45) is 2.45. The van der Waals surface area contributed by atoms with E-state index in [1.54, 1.807) is 0 Å². The highest BCUT2D eigenvalue weighted by Crippen LogP contribution is 2.00. The maximum atomic E-state index is 5.35. The van der Waals surface area contributed by atoms with E-state index in [9.17, 15) is 0 Å². The third kappa shape index (κ3) is 4.09. The fraction of sp³-hybridized carbons (Fsp3) is 1.00. The molecule has 0 N–H and O–H groups in total. The van der Waals surface area contributed by atoms with Crippen LogP contribution in [0.15, 0.2) is 0 Å². The zero-order valence-electron chi connectivity index (χ0n) is 6.89. The number of halogens is 1. The maximum absolute atomic E-state index is 5.35. The zero-order valence-corrected chi connectivity index (χ0v) is 8.48. The Morgan fingerprint density at radius 1 is 1.27 bits per heavy atom. The van der Waals surface area contributed by atoms with Crippen molar-refractivity contribution in [2.45, 2.75) is 12.8 Å². The second-order valence-corrected chi connectivity index (χ2v) is 3.64. The first kappa shape index (κ1) is 9.49. The molecule has 3 heteroatoms. The molecule has 1 aliphatic rings. The predicted molar refractivity (Wildman–Crippen MR) is 50.3 cm³/mol. The number of hydrogen-bond acceptors (Lipinski definition) is 2. The first-order valence-electron chi connectivity index (χ1n) is 4.29. The lowest BCUT2D eigenvalue weighted by molar-refractivity contribution is 0.141. The molecule has 0 amide bonds. The molecule has 0 aliphatic carbocycles. The molecule has 0 saturated carbocycles. The van der Waals surface area contributed by atoms with Crippen LogP contribution in [-0.2, 0) is 4.74 Å². The van der Waals surface area contributed by atoms with Crippen molar-refractivity contribution in [3.63, 3.8) is 0 Å². The van der Waals surface area contributed by atoms with Crippen molar-refractivity contribution in [3.8, 4) is 0 Å². The van der Waals surface area contributed by atoms with Gasteiger partial charge in [-0.25, -0.2) is 0 Å². The van der Waals surface area contributed by atoms with E-state index in [4.69, 9.17) is 4.74 Å². The van der Waals surface area contributed by atoms with Crippen molar-refractivity contribution in [2.24, 2.45) is 0 Å². The van der Waals surface area contributed by atoms with Crippen LogP contribution in [-0.4, -0.2) is 43.1 Å². The smallest absolute Gasteiger partial charge is 0.0593 e. The van der Waals surface area contributed by atoms with Crippen LogP contribution in [0.2, 0.25) is 0 Å². The number of rotatable bonds is 3. The largest absolute Gasteiger partial charge is 0.380 e. The molecule has 66 valence electrons. The van der Waals surface area contributed by atoms with Crippen molar-refractivity contribution >= 4 is 15.9 Å². The topological polar surface area (TPSA) is 12.5 Å². The molecule has 0 bridgehead atoms. The van der Waals surface area contributed by atoms with Crippen LogP contribution < -0.4 is 0 Å². The van der Waals surface area contributed by atoms with Crippen LogP contribution in [0.5, 0.6) is 0 Å². The molecule has 0 spiro atoms. The van der Waals surface area contributed by atoms with Gasteiger partial charge in [-0.15, -0.1) is 0 Å². The van der Waals surface area contributed by atoms with Crippen LogP contribution >= 0.6 is 15.9 Å². The second-order valence-electron chi connectivity index (χ2n) is 2.85. The third-order valence-electron chi connectivity index (χ3n) is 1.92. The van der Waals surface area contributed by atoms with Gasteiger partial charge in [0.2, 0.25) is 0 Å². The monoisotopic (exact) mass is 221 g/mol. The highest BCUT2D eigenvalue weighted by Gasteiger charge is 2.07. The lowest BCUT2D eigenvalue weighted by atomic mass is 10.3. The van der Waals surface area contributed by atoms with Crippen molar-refractivity contribution in [1.82, 2.24) is 4.90 Å². The molecule has 1 aliphatic heterocycles. The summed E-state index contributed by atoms with van der Waals surface area (Å²) in [7, 11) is 0. The molecule has 0 radical (unpaired) electrons. The van der Waals surface area contributed by atoms with Crippen LogP contribution in [0.1, 0.15) is 12.8 Å². The van der Waals surface area contributed by atoms with Gasteiger partial charge in [0.25, 0.3) is 0 Å². The average molecular weight is 222 g/mol. The quantitative estimate of drug-likeness (QED) is 0.671. The van der Waals surface area contributed by atoms with E-state index in [2.05, 4.69) is 20.8 Å². The summed E-state index contributed by atoms with van der Waals surface area (Å²) in [6.45, 7) is 5.42. The van der Waals surface area contributed by atoms with Crippen molar-refractivity contribution in [2.75, 3.05) is 38.2 Å². The average Bonchev–Trinajstić information content (AvgIpc) is 2.28. The van der Waals surface area contributed by atoms with Gasteiger partial charge in [0.15, 0.2) is 0 Å². The van der Waals surface area contributed by atoms with E-state index in [-0.39, 0.29) is 0 Å². The lowest BCUT2D eigenvalue weighted by Crippen LogP contribution is -2.27. The van der Waals surface area contributed by atoms with Gasteiger partial charge in [-0.05, 0) is 19.4 Å². The first-order chi connectivity index (χ1) is 5.43. The number of nitrogens with zero attached hydrogens (tertiary/aromatic N) is 1. The van der Waals surface area contributed by atoms with E-state index in [0.29, 0.717) is 0 Å². The van der Waals surface area contributed by atoms with Gasteiger partial charge in [-0.1, -0.05) is 15.9 Å². The number of hydrogen-bond donors (Lipinski definition) is 0. The summed E-state index contributed by atoms with van der Waals surface area (Å²) in [4.78, 5) is 2.48. The zero-order chi connectivity index (χ0) is 7.94. The summed E-state index contributed by atoms with van der Waals surface area (Å²) in [5.41, 5.74) is 0. The normalized spacial score (nSPS) is 21.5. The third-order valence-corrected chi connectivity index (χ3v) is 2.48. The summed E-state index contributed by atoms with van der Waals surface area (Å²) >= 11 is 3.44. The van der Waals surface area contributed by atoms with Crippen LogP contribution in [0, 0.1) is 0 Å². The molecule has 0 aromatic heterocycles. The Morgan fingerprint density at radius 3 is 3.00 bits per heavy atom. The Hall–Kier alpha value is 0.400. The van der Waals surface area contributed by atoms with Crippen LogP contribution in [0.4, 0.5) is 0 Å². The van der Waals surface area contributed by atoms with Crippen LogP contribution in [0.25, 0.3) is 0 Å². The minimum absolute atomic E-state index is 0.919. The van der Waals surface area contributed by atoms with Gasteiger partial charge in [0.1, 0.15) is 0 Å². The van der Waals surface area contributed by atoms with E-state index in [1.165, 1.54) is 25.9 Å². The fourth-order valence-electron chi connectivity index (χ4n) is 1.30. The van der Waals surface area contributed by atoms with Gasteiger partial charge in [0.05, 0.1) is 6.61 Å². The van der Waals surface area contributed by atoms with Gasteiger partial charge < -0.3 is 9.64 Å². The van der Waals surface area contributed by atoms with Gasteiger partial charge in [0, 0.05) is 25.0 Å². The lowest BCUT2D eigenvalue weighted by Gasteiger charge is -2.17. The Morgan fingerprint density at radius 2 is 2.18 bits per heavy atom. The number of ether oxygens (including phenoxy) is 1. The van der Waals surface area contributed by atoms with Gasteiger partial charge in [-0.3, -0.25) is 0 Å². The predicted octanol–water partition coefficient (Wildman–Crippen LogP) is 1.49. The summed E-state index contributed by atoms with van der Waals surface area (Å²) in [5, 5.41) is 1.12. The molecular formula is C8H16BrNO.